The van der Waals surface area contributed by atoms with Gasteiger partial charge < -0.3 is 0 Å². The molecule has 0 bridgehead atoms. The smallest absolute Gasteiger partial charge is 0.181 e. The van der Waals surface area contributed by atoms with Crippen molar-refractivity contribution in [1.82, 2.24) is 20.1 Å². The van der Waals surface area contributed by atoms with Crippen LogP contribution >= 0.6 is 0 Å². The maximum Gasteiger partial charge on any atom is 0.181 e. The van der Waals surface area contributed by atoms with E-state index in [1.807, 2.05) is 48.5 Å². The fourth-order valence-corrected chi connectivity index (χ4v) is 3.54. The van der Waals surface area contributed by atoms with E-state index in [0.29, 0.717) is 5.92 Å². The van der Waals surface area contributed by atoms with Gasteiger partial charge in [0.05, 0.1) is 11.6 Å². The van der Waals surface area contributed by atoms with E-state index in [9.17, 15) is 0 Å². The molecule has 1 N–H and O–H groups in total. The summed E-state index contributed by atoms with van der Waals surface area (Å²) >= 11 is 0. The summed E-state index contributed by atoms with van der Waals surface area (Å²) in [6, 6.07) is 20.2. The van der Waals surface area contributed by atoms with Crippen LogP contribution in [0.25, 0.3) is 11.4 Å². The molecule has 130 valence electrons. The van der Waals surface area contributed by atoms with Crippen LogP contribution in [0.15, 0.2) is 54.6 Å². The van der Waals surface area contributed by atoms with Crippen molar-refractivity contribution < 1.29 is 0 Å². The second-order valence-electron chi connectivity index (χ2n) is 6.77. The van der Waals surface area contributed by atoms with Crippen LogP contribution in [0.2, 0.25) is 0 Å². The van der Waals surface area contributed by atoms with Gasteiger partial charge >= 0.3 is 0 Å². The lowest BCUT2D eigenvalue weighted by Gasteiger charge is -2.30. The Balaban J connectivity index is 1.36. The summed E-state index contributed by atoms with van der Waals surface area (Å²) in [5.41, 5.74) is 2.98. The Morgan fingerprint density at radius 1 is 1.08 bits per heavy atom. The Morgan fingerprint density at radius 3 is 2.65 bits per heavy atom. The van der Waals surface area contributed by atoms with Crippen molar-refractivity contribution in [2.45, 2.75) is 25.3 Å². The number of hydrogen-bond acceptors (Lipinski definition) is 4. The van der Waals surface area contributed by atoms with Gasteiger partial charge in [0.15, 0.2) is 5.82 Å². The number of aromatic amines is 1. The van der Waals surface area contributed by atoms with Crippen LogP contribution in [0.1, 0.15) is 35.7 Å². The monoisotopic (exact) mass is 343 g/mol. The van der Waals surface area contributed by atoms with E-state index in [2.05, 4.69) is 27.2 Å². The van der Waals surface area contributed by atoms with Crippen LogP contribution in [-0.2, 0) is 6.54 Å². The molecule has 1 aromatic heterocycles. The van der Waals surface area contributed by atoms with Crippen LogP contribution in [0.4, 0.5) is 0 Å². The first-order chi connectivity index (χ1) is 12.8. The highest BCUT2D eigenvalue weighted by atomic mass is 15.2. The highest BCUT2D eigenvalue weighted by Gasteiger charge is 2.23. The number of hydrogen-bond donors (Lipinski definition) is 1. The zero-order chi connectivity index (χ0) is 17.8. The molecule has 1 fully saturated rings. The van der Waals surface area contributed by atoms with Gasteiger partial charge in [-0.2, -0.15) is 10.4 Å². The molecule has 1 aliphatic heterocycles. The highest BCUT2D eigenvalue weighted by molar-refractivity contribution is 5.53. The second kappa shape index (κ2) is 7.51. The van der Waals surface area contributed by atoms with E-state index in [0.717, 1.165) is 55.3 Å². The molecule has 4 rings (SSSR count). The molecule has 0 atom stereocenters. The Bertz CT molecular complexity index is 901. The van der Waals surface area contributed by atoms with E-state index in [4.69, 9.17) is 10.2 Å². The van der Waals surface area contributed by atoms with Gasteiger partial charge in [-0.15, -0.1) is 0 Å². The van der Waals surface area contributed by atoms with Gasteiger partial charge in [-0.1, -0.05) is 42.5 Å². The first kappa shape index (κ1) is 16.5. The van der Waals surface area contributed by atoms with E-state index in [1.165, 1.54) is 5.56 Å². The first-order valence-electron chi connectivity index (χ1n) is 9.01. The molecule has 0 amide bonds. The van der Waals surface area contributed by atoms with Crippen LogP contribution in [0, 0.1) is 11.3 Å². The fourth-order valence-electron chi connectivity index (χ4n) is 3.54. The quantitative estimate of drug-likeness (QED) is 0.784. The van der Waals surface area contributed by atoms with E-state index >= 15 is 0 Å². The number of nitriles is 1. The number of nitrogens with zero attached hydrogens (tertiary/aromatic N) is 4. The van der Waals surface area contributed by atoms with Crippen LogP contribution in [-0.4, -0.2) is 33.2 Å². The summed E-state index contributed by atoms with van der Waals surface area (Å²) < 4.78 is 0. The topological polar surface area (TPSA) is 68.6 Å². The lowest BCUT2D eigenvalue weighted by molar-refractivity contribution is 0.202. The van der Waals surface area contributed by atoms with Gasteiger partial charge in [-0.05, 0) is 43.6 Å². The Kier molecular flexibility index (Phi) is 4.76. The summed E-state index contributed by atoms with van der Waals surface area (Å²) in [6.45, 7) is 2.96. The molecular weight excluding hydrogens is 322 g/mol. The SMILES string of the molecule is N#Cc1cccc(CN2CCC(c3nc(-c4ccccc4)n[nH]3)CC2)c1. The van der Waals surface area contributed by atoms with Crippen molar-refractivity contribution in [2.75, 3.05) is 13.1 Å². The Hall–Kier alpha value is -2.97. The molecule has 0 unspecified atom stereocenters. The summed E-state index contributed by atoms with van der Waals surface area (Å²) in [5.74, 6) is 2.20. The van der Waals surface area contributed by atoms with E-state index in [-0.39, 0.29) is 0 Å². The van der Waals surface area contributed by atoms with Gasteiger partial charge in [0.2, 0.25) is 0 Å². The molecular formula is C21H21N5. The summed E-state index contributed by atoms with van der Waals surface area (Å²) in [5, 5.41) is 16.6. The maximum atomic E-state index is 9.03. The third-order valence-corrected chi connectivity index (χ3v) is 4.97. The average Bonchev–Trinajstić information content (AvgIpc) is 3.20. The first-order valence-corrected chi connectivity index (χ1v) is 9.01. The fraction of sp³-hybridized carbons (Fsp3) is 0.286. The van der Waals surface area contributed by atoms with Crippen LogP contribution < -0.4 is 0 Å². The third-order valence-electron chi connectivity index (χ3n) is 4.97. The maximum absolute atomic E-state index is 9.03. The predicted molar refractivity (Wildman–Crippen MR) is 100 cm³/mol. The van der Waals surface area contributed by atoms with Crippen LogP contribution in [0.5, 0.6) is 0 Å². The number of nitrogens with one attached hydrogen (secondary N) is 1. The molecule has 2 heterocycles. The van der Waals surface area contributed by atoms with Gasteiger partial charge in [0, 0.05) is 18.0 Å². The van der Waals surface area contributed by atoms with Crippen molar-refractivity contribution in [3.63, 3.8) is 0 Å². The molecule has 0 spiro atoms. The molecule has 1 saturated heterocycles. The molecule has 1 aliphatic rings. The van der Waals surface area contributed by atoms with Crippen molar-refractivity contribution in [3.05, 3.63) is 71.5 Å². The van der Waals surface area contributed by atoms with E-state index < -0.39 is 0 Å². The van der Waals surface area contributed by atoms with Gasteiger partial charge in [-0.3, -0.25) is 10.00 Å². The molecule has 26 heavy (non-hydrogen) atoms. The minimum absolute atomic E-state index is 0.432. The number of piperidine rings is 1. The number of rotatable bonds is 4. The lowest BCUT2D eigenvalue weighted by atomic mass is 9.95. The van der Waals surface area contributed by atoms with Crippen LogP contribution in [0.3, 0.4) is 0 Å². The predicted octanol–water partition coefficient (Wildman–Crippen LogP) is 3.72. The third kappa shape index (κ3) is 3.66. The normalized spacial score (nSPS) is 15.7. The van der Waals surface area contributed by atoms with Gasteiger partial charge in [0.1, 0.15) is 5.82 Å². The van der Waals surface area contributed by atoms with Crippen molar-refractivity contribution in [1.29, 1.82) is 5.26 Å². The Labute approximate surface area is 153 Å². The zero-order valence-electron chi connectivity index (χ0n) is 14.6. The second-order valence-corrected chi connectivity index (χ2v) is 6.77. The number of benzene rings is 2. The zero-order valence-corrected chi connectivity index (χ0v) is 14.6. The van der Waals surface area contributed by atoms with Crippen molar-refractivity contribution in [3.8, 4) is 17.5 Å². The molecule has 3 aromatic rings. The standard InChI is InChI=1S/C21H21N5/c22-14-16-5-4-6-17(13-16)15-26-11-9-19(10-12-26)21-23-20(24-25-21)18-7-2-1-3-8-18/h1-8,13,19H,9-12,15H2,(H,23,24,25). The number of aromatic nitrogens is 3. The van der Waals surface area contributed by atoms with Crippen molar-refractivity contribution in [2.24, 2.45) is 0 Å². The van der Waals surface area contributed by atoms with Crippen molar-refractivity contribution >= 4 is 0 Å². The van der Waals surface area contributed by atoms with Gasteiger partial charge in [0.25, 0.3) is 0 Å². The largest absolute Gasteiger partial charge is 0.299 e. The highest BCUT2D eigenvalue weighted by Crippen LogP contribution is 2.27. The molecule has 2 aromatic carbocycles. The number of H-pyrrole nitrogens is 1. The molecule has 0 radical (unpaired) electrons. The van der Waals surface area contributed by atoms with Gasteiger partial charge in [-0.25, -0.2) is 4.98 Å². The molecule has 5 nitrogen and oxygen atoms in total. The summed E-state index contributed by atoms with van der Waals surface area (Å²) in [6.07, 6.45) is 2.14. The molecule has 0 aliphatic carbocycles. The minimum Gasteiger partial charge on any atom is -0.299 e. The lowest BCUT2D eigenvalue weighted by Crippen LogP contribution is -2.32. The van der Waals surface area contributed by atoms with E-state index in [1.54, 1.807) is 0 Å². The summed E-state index contributed by atoms with van der Waals surface area (Å²) in [4.78, 5) is 7.16. The average molecular weight is 343 g/mol. The Morgan fingerprint density at radius 2 is 1.88 bits per heavy atom. The molecule has 0 saturated carbocycles. The molecule has 5 heteroatoms. The summed E-state index contributed by atoms with van der Waals surface area (Å²) in [7, 11) is 0. The minimum atomic E-state index is 0.432. The number of likely N-dealkylation sites (tertiary alicyclic amines) is 1.